The van der Waals surface area contributed by atoms with Crippen molar-refractivity contribution >= 4 is 23.5 Å². The van der Waals surface area contributed by atoms with Crippen LogP contribution in [0.15, 0.2) is 30.3 Å². The molecule has 2 atom stereocenters. The zero-order valence-electron chi connectivity index (χ0n) is 12.3. The summed E-state index contributed by atoms with van der Waals surface area (Å²) in [5.41, 5.74) is 1.59. The van der Waals surface area contributed by atoms with Gasteiger partial charge in [-0.05, 0) is 25.0 Å². The number of aromatic nitrogens is 2. The van der Waals surface area contributed by atoms with E-state index in [2.05, 4.69) is 15.5 Å². The third kappa shape index (κ3) is 3.22. The molecule has 1 aromatic carbocycles. The smallest absolute Gasteiger partial charge is 0.308 e. The molecule has 7 heteroatoms. The number of benzene rings is 1. The highest BCUT2D eigenvalue weighted by atomic mass is 35.5. The Morgan fingerprint density at radius 1 is 1.30 bits per heavy atom. The maximum Gasteiger partial charge on any atom is 0.308 e. The SMILES string of the molecule is O=C(N[C@H]1CCC[C@H]1C(=O)O)c1cc(-c2ccccc2Cl)n[nH]1. The largest absolute Gasteiger partial charge is 0.481 e. The van der Waals surface area contributed by atoms with Crippen molar-refractivity contribution in [3.8, 4) is 11.3 Å². The first-order valence-electron chi connectivity index (χ1n) is 7.40. The van der Waals surface area contributed by atoms with Crippen molar-refractivity contribution in [3.05, 3.63) is 41.0 Å². The van der Waals surface area contributed by atoms with Gasteiger partial charge in [0, 0.05) is 11.6 Å². The fraction of sp³-hybridized carbons (Fsp3) is 0.312. The number of hydrogen-bond acceptors (Lipinski definition) is 3. The Labute approximate surface area is 137 Å². The Bertz CT molecular complexity index is 744. The van der Waals surface area contributed by atoms with Gasteiger partial charge in [-0.2, -0.15) is 5.10 Å². The molecule has 0 radical (unpaired) electrons. The van der Waals surface area contributed by atoms with E-state index < -0.39 is 11.9 Å². The highest BCUT2D eigenvalue weighted by molar-refractivity contribution is 6.33. The summed E-state index contributed by atoms with van der Waals surface area (Å²) in [6, 6.07) is 8.50. The minimum atomic E-state index is -0.867. The number of carbonyl (C=O) groups is 2. The van der Waals surface area contributed by atoms with Crippen molar-refractivity contribution in [1.29, 1.82) is 0 Å². The number of H-pyrrole nitrogens is 1. The Kier molecular flexibility index (Phi) is 4.34. The summed E-state index contributed by atoms with van der Waals surface area (Å²) in [7, 11) is 0. The number of carboxylic acids is 1. The minimum absolute atomic E-state index is 0.288. The molecule has 1 heterocycles. The summed E-state index contributed by atoms with van der Waals surface area (Å²) in [5.74, 6) is -1.74. The van der Waals surface area contributed by atoms with E-state index in [9.17, 15) is 9.59 Å². The van der Waals surface area contributed by atoms with Crippen LogP contribution >= 0.6 is 11.6 Å². The van der Waals surface area contributed by atoms with E-state index in [1.165, 1.54) is 0 Å². The second kappa shape index (κ2) is 6.42. The summed E-state index contributed by atoms with van der Waals surface area (Å²) in [5, 5.41) is 19.3. The van der Waals surface area contributed by atoms with Crippen molar-refractivity contribution in [2.24, 2.45) is 5.92 Å². The molecule has 1 aromatic heterocycles. The summed E-state index contributed by atoms with van der Waals surface area (Å²) >= 11 is 6.12. The maximum atomic E-state index is 12.3. The average molecular weight is 334 g/mol. The van der Waals surface area contributed by atoms with E-state index in [0.29, 0.717) is 23.6 Å². The van der Waals surface area contributed by atoms with E-state index in [0.717, 1.165) is 12.0 Å². The lowest BCUT2D eigenvalue weighted by Crippen LogP contribution is -2.40. The third-order valence-electron chi connectivity index (χ3n) is 4.12. The van der Waals surface area contributed by atoms with Gasteiger partial charge in [-0.3, -0.25) is 14.7 Å². The molecule has 23 heavy (non-hydrogen) atoms. The van der Waals surface area contributed by atoms with Crippen molar-refractivity contribution in [2.45, 2.75) is 25.3 Å². The van der Waals surface area contributed by atoms with Crippen molar-refractivity contribution < 1.29 is 14.7 Å². The van der Waals surface area contributed by atoms with Gasteiger partial charge < -0.3 is 10.4 Å². The number of hydrogen-bond donors (Lipinski definition) is 3. The van der Waals surface area contributed by atoms with Crippen LogP contribution in [0.2, 0.25) is 5.02 Å². The Morgan fingerprint density at radius 2 is 2.09 bits per heavy atom. The molecule has 3 N–H and O–H groups in total. The predicted molar refractivity (Wildman–Crippen MR) is 85.3 cm³/mol. The topological polar surface area (TPSA) is 95.1 Å². The van der Waals surface area contributed by atoms with Crippen LogP contribution in [-0.4, -0.2) is 33.2 Å². The van der Waals surface area contributed by atoms with Crippen LogP contribution in [0.3, 0.4) is 0 Å². The molecule has 6 nitrogen and oxygen atoms in total. The molecule has 1 fully saturated rings. The highest BCUT2D eigenvalue weighted by Gasteiger charge is 2.34. The van der Waals surface area contributed by atoms with E-state index in [1.54, 1.807) is 12.1 Å². The zero-order chi connectivity index (χ0) is 16.4. The van der Waals surface area contributed by atoms with Crippen LogP contribution in [0.1, 0.15) is 29.8 Å². The Balaban J connectivity index is 1.74. The van der Waals surface area contributed by atoms with E-state index >= 15 is 0 Å². The molecular weight excluding hydrogens is 318 g/mol. The fourth-order valence-corrected chi connectivity index (χ4v) is 3.15. The lowest BCUT2D eigenvalue weighted by Gasteiger charge is -2.16. The number of nitrogens with one attached hydrogen (secondary N) is 2. The van der Waals surface area contributed by atoms with E-state index in [1.807, 2.05) is 18.2 Å². The quantitative estimate of drug-likeness (QED) is 0.801. The lowest BCUT2D eigenvalue weighted by atomic mass is 10.0. The van der Waals surface area contributed by atoms with Crippen LogP contribution in [-0.2, 0) is 4.79 Å². The van der Waals surface area contributed by atoms with Crippen molar-refractivity contribution in [3.63, 3.8) is 0 Å². The van der Waals surface area contributed by atoms with E-state index in [4.69, 9.17) is 16.7 Å². The molecule has 0 unspecified atom stereocenters. The van der Waals surface area contributed by atoms with Crippen LogP contribution in [0.25, 0.3) is 11.3 Å². The van der Waals surface area contributed by atoms with Crippen molar-refractivity contribution in [1.82, 2.24) is 15.5 Å². The maximum absolute atomic E-state index is 12.3. The Morgan fingerprint density at radius 3 is 2.83 bits per heavy atom. The van der Waals surface area contributed by atoms with Gasteiger partial charge in [0.15, 0.2) is 0 Å². The first-order valence-corrected chi connectivity index (χ1v) is 7.78. The molecule has 1 saturated carbocycles. The standard InChI is InChI=1S/C16H16ClN3O3/c17-11-6-2-1-4-9(11)13-8-14(20-19-13)15(21)18-12-7-3-5-10(12)16(22)23/h1-2,4,6,8,10,12H,3,5,7H2,(H,18,21)(H,19,20)(H,22,23)/t10-,12+/m1/s1. The summed E-state index contributed by atoms with van der Waals surface area (Å²) in [4.78, 5) is 23.5. The van der Waals surface area contributed by atoms with Gasteiger partial charge in [-0.15, -0.1) is 0 Å². The Hall–Kier alpha value is -2.34. The molecule has 0 bridgehead atoms. The molecule has 0 aliphatic heterocycles. The lowest BCUT2D eigenvalue weighted by molar-refractivity contribution is -0.142. The van der Waals surface area contributed by atoms with Gasteiger partial charge in [-0.25, -0.2) is 0 Å². The normalized spacial score (nSPS) is 20.4. The van der Waals surface area contributed by atoms with E-state index in [-0.39, 0.29) is 17.6 Å². The van der Waals surface area contributed by atoms with Gasteiger partial charge in [0.2, 0.25) is 0 Å². The molecule has 0 saturated heterocycles. The monoisotopic (exact) mass is 333 g/mol. The van der Waals surface area contributed by atoms with Crippen molar-refractivity contribution in [2.75, 3.05) is 0 Å². The van der Waals surface area contributed by atoms with Crippen LogP contribution in [0, 0.1) is 5.92 Å². The number of halogens is 1. The molecule has 1 aliphatic rings. The third-order valence-corrected chi connectivity index (χ3v) is 4.45. The van der Waals surface area contributed by atoms with Gasteiger partial charge in [-0.1, -0.05) is 36.2 Å². The number of carbonyl (C=O) groups excluding carboxylic acids is 1. The molecule has 1 aliphatic carbocycles. The second-order valence-electron chi connectivity index (χ2n) is 5.60. The average Bonchev–Trinajstić information content (AvgIpc) is 3.16. The number of aromatic amines is 1. The number of aliphatic carboxylic acids is 1. The molecule has 1 amide bonds. The molecule has 0 spiro atoms. The molecule has 3 rings (SSSR count). The first-order chi connectivity index (χ1) is 11.1. The van der Waals surface area contributed by atoms with Gasteiger partial charge >= 0.3 is 5.97 Å². The predicted octanol–water partition coefficient (Wildman–Crippen LogP) is 2.71. The number of nitrogens with zero attached hydrogens (tertiary/aromatic N) is 1. The molecule has 2 aromatic rings. The number of amides is 1. The van der Waals surface area contributed by atoms with Gasteiger partial charge in [0.25, 0.3) is 5.91 Å². The summed E-state index contributed by atoms with van der Waals surface area (Å²) in [6.07, 6.45) is 2.07. The minimum Gasteiger partial charge on any atom is -0.481 e. The van der Waals surface area contributed by atoms with Gasteiger partial charge in [0.05, 0.1) is 16.6 Å². The fourth-order valence-electron chi connectivity index (χ4n) is 2.92. The van der Waals surface area contributed by atoms with Crippen LogP contribution in [0.5, 0.6) is 0 Å². The zero-order valence-corrected chi connectivity index (χ0v) is 13.0. The van der Waals surface area contributed by atoms with Gasteiger partial charge in [0.1, 0.15) is 5.69 Å². The second-order valence-corrected chi connectivity index (χ2v) is 6.01. The summed E-state index contributed by atoms with van der Waals surface area (Å²) in [6.45, 7) is 0. The molecular formula is C16H16ClN3O3. The van der Waals surface area contributed by atoms with Crippen LogP contribution in [0.4, 0.5) is 0 Å². The highest BCUT2D eigenvalue weighted by Crippen LogP contribution is 2.28. The first kappa shape index (κ1) is 15.6. The number of carboxylic acid groups (broad SMARTS) is 1. The summed E-state index contributed by atoms with van der Waals surface area (Å²) < 4.78 is 0. The molecule has 120 valence electrons. The number of rotatable bonds is 4. The van der Waals surface area contributed by atoms with Crippen LogP contribution < -0.4 is 5.32 Å².